The molecule has 5 heteroatoms. The van der Waals surface area contributed by atoms with Gasteiger partial charge in [0.2, 0.25) is 0 Å². The van der Waals surface area contributed by atoms with Gasteiger partial charge in [-0.05, 0) is 12.1 Å². The lowest BCUT2D eigenvalue weighted by atomic mass is 9.83. The number of carbonyl (C=O) groups excluding carboxylic acids is 1. The van der Waals surface area contributed by atoms with E-state index in [0.29, 0.717) is 18.6 Å². The van der Waals surface area contributed by atoms with Crippen LogP contribution in [0.4, 0.5) is 0 Å². The minimum Gasteiger partial charge on any atom is -0.300 e. The van der Waals surface area contributed by atoms with Crippen LogP contribution in [0.5, 0.6) is 0 Å². The van der Waals surface area contributed by atoms with Crippen molar-refractivity contribution in [1.29, 1.82) is 0 Å². The first-order valence-corrected chi connectivity index (χ1v) is 10.1. The van der Waals surface area contributed by atoms with Crippen molar-refractivity contribution in [3.05, 3.63) is 85.1 Å². The predicted octanol–water partition coefficient (Wildman–Crippen LogP) is 5.06. The third kappa shape index (κ3) is 2.70. The summed E-state index contributed by atoms with van der Waals surface area (Å²) in [5.41, 5.74) is 5.80. The fourth-order valence-corrected chi connectivity index (χ4v) is 4.18. The number of rotatable bonds is 3. The number of nitrogens with zero attached hydrogens (tertiary/aromatic N) is 4. The standard InChI is InChI=1S/C25H18N4O/c30-20-12-19(13-20)25-27-15-23-24(26-10-11-29(23)25)18-7-6-17-8-9-21(28-22(17)14-18)16-4-2-1-3-5-16/h1-11,14-15,19H,12-13H2. The molecular weight excluding hydrogens is 372 g/mol. The van der Waals surface area contributed by atoms with E-state index in [2.05, 4.69) is 56.8 Å². The minimum absolute atomic E-state index is 0.210. The molecule has 2 aromatic carbocycles. The van der Waals surface area contributed by atoms with E-state index in [1.165, 1.54) is 0 Å². The summed E-state index contributed by atoms with van der Waals surface area (Å²) in [7, 11) is 0. The van der Waals surface area contributed by atoms with Gasteiger partial charge in [-0.3, -0.25) is 14.2 Å². The normalized spacial score (nSPS) is 14.3. The number of carbonyl (C=O) groups is 1. The molecule has 0 aliphatic heterocycles. The number of aromatic nitrogens is 4. The number of benzene rings is 2. The molecule has 1 saturated carbocycles. The Kier molecular flexibility index (Phi) is 3.74. The van der Waals surface area contributed by atoms with E-state index >= 15 is 0 Å². The van der Waals surface area contributed by atoms with E-state index in [1.54, 1.807) is 6.20 Å². The molecule has 0 N–H and O–H groups in total. The minimum atomic E-state index is 0.210. The first-order valence-electron chi connectivity index (χ1n) is 10.1. The molecule has 0 radical (unpaired) electrons. The largest absolute Gasteiger partial charge is 0.300 e. The average molecular weight is 390 g/mol. The zero-order chi connectivity index (χ0) is 20.1. The summed E-state index contributed by atoms with van der Waals surface area (Å²) in [6.07, 6.45) is 6.75. The van der Waals surface area contributed by atoms with Crippen LogP contribution in [0.1, 0.15) is 24.6 Å². The highest BCUT2D eigenvalue weighted by Gasteiger charge is 2.31. The highest BCUT2D eigenvalue weighted by Crippen LogP contribution is 2.35. The van der Waals surface area contributed by atoms with Gasteiger partial charge in [0.05, 0.1) is 28.6 Å². The molecule has 1 fully saturated rings. The summed E-state index contributed by atoms with van der Waals surface area (Å²) in [6.45, 7) is 0. The Morgan fingerprint density at radius 3 is 2.57 bits per heavy atom. The first-order chi connectivity index (χ1) is 14.8. The molecule has 0 unspecified atom stereocenters. The molecule has 144 valence electrons. The number of fused-ring (bicyclic) bond motifs is 2. The van der Waals surface area contributed by atoms with Crippen LogP contribution in [-0.2, 0) is 4.79 Å². The summed E-state index contributed by atoms with van der Waals surface area (Å²) in [5.74, 6) is 1.46. The molecular formula is C25H18N4O. The number of hydrogen-bond donors (Lipinski definition) is 0. The maximum absolute atomic E-state index is 11.4. The summed E-state index contributed by atoms with van der Waals surface area (Å²) in [4.78, 5) is 25.6. The average Bonchev–Trinajstić information content (AvgIpc) is 3.20. The Bertz CT molecular complexity index is 1410. The molecule has 1 aliphatic rings. The summed E-state index contributed by atoms with van der Waals surface area (Å²) in [5, 5.41) is 1.09. The van der Waals surface area contributed by atoms with Gasteiger partial charge in [0, 0.05) is 47.7 Å². The van der Waals surface area contributed by atoms with E-state index in [0.717, 1.165) is 44.8 Å². The Hall–Kier alpha value is -3.86. The Morgan fingerprint density at radius 2 is 1.73 bits per heavy atom. The molecule has 0 bridgehead atoms. The zero-order valence-electron chi connectivity index (χ0n) is 16.2. The van der Waals surface area contributed by atoms with Crippen molar-refractivity contribution < 1.29 is 4.79 Å². The van der Waals surface area contributed by atoms with Gasteiger partial charge in [-0.15, -0.1) is 0 Å². The summed E-state index contributed by atoms with van der Waals surface area (Å²) >= 11 is 0. The highest BCUT2D eigenvalue weighted by atomic mass is 16.1. The van der Waals surface area contributed by atoms with Crippen LogP contribution in [0, 0.1) is 0 Å². The summed E-state index contributed by atoms with van der Waals surface area (Å²) in [6, 6.07) is 20.6. The quantitative estimate of drug-likeness (QED) is 0.432. The number of hydrogen-bond acceptors (Lipinski definition) is 4. The van der Waals surface area contributed by atoms with Crippen LogP contribution in [0.3, 0.4) is 0 Å². The van der Waals surface area contributed by atoms with Gasteiger partial charge < -0.3 is 0 Å². The Balaban J connectivity index is 1.46. The zero-order valence-corrected chi connectivity index (χ0v) is 16.2. The molecule has 0 saturated heterocycles. The second kappa shape index (κ2) is 6.59. The Labute approximate surface area is 173 Å². The molecule has 5 nitrogen and oxygen atoms in total. The lowest BCUT2D eigenvalue weighted by Crippen LogP contribution is -2.23. The number of Topliss-reactive ketones (excluding diaryl/α,β-unsaturated/α-hetero) is 1. The maximum Gasteiger partial charge on any atom is 0.134 e. The van der Waals surface area contributed by atoms with Gasteiger partial charge in [-0.1, -0.05) is 48.5 Å². The van der Waals surface area contributed by atoms with Crippen molar-refractivity contribution in [3.8, 4) is 22.5 Å². The third-order valence-electron chi connectivity index (χ3n) is 5.84. The van der Waals surface area contributed by atoms with Gasteiger partial charge in [-0.2, -0.15) is 0 Å². The SMILES string of the molecule is O=C1CC(c2ncc3c(-c4ccc5ccc(-c6ccccc6)nc5c4)nccn23)C1. The second-order valence-electron chi connectivity index (χ2n) is 7.76. The van der Waals surface area contributed by atoms with Gasteiger partial charge in [0.25, 0.3) is 0 Å². The number of imidazole rings is 1. The van der Waals surface area contributed by atoms with Crippen molar-refractivity contribution in [2.45, 2.75) is 18.8 Å². The van der Waals surface area contributed by atoms with E-state index in [4.69, 9.17) is 4.98 Å². The summed E-state index contributed by atoms with van der Waals surface area (Å²) < 4.78 is 2.07. The molecule has 3 aromatic heterocycles. The van der Waals surface area contributed by atoms with Crippen LogP contribution in [0.15, 0.2) is 79.3 Å². The van der Waals surface area contributed by atoms with Crippen LogP contribution in [0.2, 0.25) is 0 Å². The highest BCUT2D eigenvalue weighted by molar-refractivity contribution is 5.89. The van der Waals surface area contributed by atoms with Gasteiger partial charge >= 0.3 is 0 Å². The van der Waals surface area contributed by atoms with Crippen molar-refractivity contribution in [1.82, 2.24) is 19.4 Å². The lowest BCUT2D eigenvalue weighted by Gasteiger charge is -2.22. The van der Waals surface area contributed by atoms with Crippen molar-refractivity contribution >= 4 is 22.2 Å². The molecule has 1 aliphatic carbocycles. The van der Waals surface area contributed by atoms with Crippen LogP contribution < -0.4 is 0 Å². The second-order valence-corrected chi connectivity index (χ2v) is 7.76. The van der Waals surface area contributed by atoms with Crippen LogP contribution in [0.25, 0.3) is 38.9 Å². The van der Waals surface area contributed by atoms with Gasteiger partial charge in [-0.25, -0.2) is 9.97 Å². The Morgan fingerprint density at radius 1 is 0.900 bits per heavy atom. The molecule has 0 amide bonds. The van der Waals surface area contributed by atoms with Crippen molar-refractivity contribution in [2.75, 3.05) is 0 Å². The van der Waals surface area contributed by atoms with Gasteiger partial charge in [0.1, 0.15) is 11.6 Å². The monoisotopic (exact) mass is 390 g/mol. The first kappa shape index (κ1) is 17.0. The number of pyridine rings is 1. The molecule has 0 atom stereocenters. The van der Waals surface area contributed by atoms with Crippen molar-refractivity contribution in [2.24, 2.45) is 0 Å². The van der Waals surface area contributed by atoms with E-state index in [9.17, 15) is 4.79 Å². The molecule has 6 rings (SSSR count). The van der Waals surface area contributed by atoms with E-state index in [1.807, 2.05) is 30.6 Å². The predicted molar refractivity (Wildman–Crippen MR) is 116 cm³/mol. The number of ketones is 1. The molecule has 5 aromatic rings. The topological polar surface area (TPSA) is 60.2 Å². The van der Waals surface area contributed by atoms with E-state index < -0.39 is 0 Å². The van der Waals surface area contributed by atoms with Crippen LogP contribution in [-0.4, -0.2) is 25.1 Å². The lowest BCUT2D eigenvalue weighted by molar-refractivity contribution is -0.124. The van der Waals surface area contributed by atoms with E-state index in [-0.39, 0.29) is 5.92 Å². The fraction of sp³-hybridized carbons (Fsp3) is 0.120. The molecule has 0 spiro atoms. The van der Waals surface area contributed by atoms with Crippen molar-refractivity contribution in [3.63, 3.8) is 0 Å². The smallest absolute Gasteiger partial charge is 0.134 e. The van der Waals surface area contributed by atoms with Gasteiger partial charge in [0.15, 0.2) is 0 Å². The molecule has 3 heterocycles. The molecule has 30 heavy (non-hydrogen) atoms. The van der Waals surface area contributed by atoms with Crippen LogP contribution >= 0.6 is 0 Å². The third-order valence-corrected chi connectivity index (χ3v) is 5.84. The maximum atomic E-state index is 11.4. The fourth-order valence-electron chi connectivity index (χ4n) is 4.18.